The van der Waals surface area contributed by atoms with Gasteiger partial charge < -0.3 is 13.7 Å². The van der Waals surface area contributed by atoms with Crippen LogP contribution in [0.3, 0.4) is 0 Å². The fourth-order valence-electron chi connectivity index (χ4n) is 5.38. The second-order valence-electron chi connectivity index (χ2n) is 12.2. The third-order valence-electron chi connectivity index (χ3n) is 8.11. The molecule has 5 aromatic rings. The molecule has 0 fully saturated rings. The molecule has 0 bridgehead atoms. The first-order valence-electron chi connectivity index (χ1n) is 16.5. The van der Waals surface area contributed by atoms with E-state index >= 15 is 0 Å². The lowest BCUT2D eigenvalue weighted by atomic mass is 10.1. The number of rotatable bonds is 9. The van der Waals surface area contributed by atoms with Crippen LogP contribution in [0.15, 0.2) is 82.2 Å². The molecule has 0 aliphatic carbocycles. The van der Waals surface area contributed by atoms with Crippen molar-refractivity contribution in [2.45, 2.75) is 74.0 Å². The van der Waals surface area contributed by atoms with Gasteiger partial charge in [0.1, 0.15) is 67.5 Å². The predicted molar refractivity (Wildman–Crippen MR) is 190 cm³/mol. The lowest BCUT2D eigenvalue weighted by molar-refractivity contribution is -0.678. The summed E-state index contributed by atoms with van der Waals surface area (Å²) in [6.07, 6.45) is 19.7. The van der Waals surface area contributed by atoms with E-state index in [1.54, 1.807) is 0 Å². The van der Waals surface area contributed by atoms with E-state index in [1.807, 2.05) is 0 Å². The number of hydrogen-bond donors (Lipinski definition) is 0. The average molecular weight is 783 g/mol. The molecule has 18 heteroatoms. The number of imidazole rings is 3. The van der Waals surface area contributed by atoms with Gasteiger partial charge in [0.15, 0.2) is 0 Å². The zero-order chi connectivity index (χ0) is 39.6. The molecule has 3 heterocycles. The molecule has 0 saturated heterocycles. The minimum absolute atomic E-state index is 0.310. The first kappa shape index (κ1) is 44.2. The Hall–Kier alpha value is -3.94. The molecule has 3 aromatic heterocycles. The van der Waals surface area contributed by atoms with Crippen molar-refractivity contribution >= 4 is 41.1 Å². The van der Waals surface area contributed by atoms with E-state index in [0.29, 0.717) is 18.2 Å². The summed E-state index contributed by atoms with van der Waals surface area (Å²) in [4.78, 5) is -2.81. The zero-order valence-electron chi connectivity index (χ0n) is 31.2. The van der Waals surface area contributed by atoms with Crippen LogP contribution in [0.1, 0.15) is 57.5 Å². The number of hydrogen-bond acceptors (Lipinski definition) is 9. The molecule has 0 saturated carbocycles. The first-order chi connectivity index (χ1) is 24.1. The predicted octanol–water partition coefficient (Wildman–Crippen LogP) is 1.96. The van der Waals surface area contributed by atoms with Crippen molar-refractivity contribution in [3.05, 3.63) is 85.0 Å². The van der Waals surface area contributed by atoms with Gasteiger partial charge in [-0.3, -0.25) is 0 Å². The van der Waals surface area contributed by atoms with Crippen molar-refractivity contribution in [2.24, 2.45) is 42.3 Å². The van der Waals surface area contributed by atoms with Gasteiger partial charge in [-0.2, -0.15) is 0 Å². The Labute approximate surface area is 307 Å². The summed E-state index contributed by atoms with van der Waals surface area (Å²) in [6.45, 7) is 6.60. The third-order valence-corrected chi connectivity index (χ3v) is 10.6. The first-order valence-corrected chi connectivity index (χ1v) is 20.7. The Morgan fingerprint density at radius 2 is 0.885 bits per heavy atom. The SMILES string of the molecule is CCCc1n(C)cc[n+]1C.CCCc1n(C)cc[n+]1C.CCCc1n(C)cc[n+]1C.O=S(=O)([O-])c1ccc2c(S(=O)(=O)[O-])cc(S(=O)(=O)[O-])cc2c1. The summed E-state index contributed by atoms with van der Waals surface area (Å²) >= 11 is 0. The number of aryl methyl sites for hydroxylation is 6. The number of fused-ring (bicyclic) bond motifs is 1. The Kier molecular flexibility index (Phi) is 15.9. The maximum atomic E-state index is 11.2. The van der Waals surface area contributed by atoms with E-state index in [-0.39, 0.29) is 10.8 Å². The average Bonchev–Trinajstić information content (AvgIpc) is 3.67. The van der Waals surface area contributed by atoms with Gasteiger partial charge in [-0.15, -0.1) is 0 Å². The van der Waals surface area contributed by atoms with Crippen molar-refractivity contribution in [2.75, 3.05) is 0 Å². The summed E-state index contributed by atoms with van der Waals surface area (Å²) < 4.78 is 112. The number of benzene rings is 2. The van der Waals surface area contributed by atoms with Crippen LogP contribution in [0.4, 0.5) is 0 Å². The Balaban J connectivity index is 0.000000262. The molecule has 0 aliphatic heterocycles. The van der Waals surface area contributed by atoms with Crippen molar-refractivity contribution < 1.29 is 52.6 Å². The van der Waals surface area contributed by atoms with Crippen LogP contribution in [-0.2, 0) is 91.9 Å². The van der Waals surface area contributed by atoms with Crippen LogP contribution in [-0.4, -0.2) is 52.6 Å². The molecule has 52 heavy (non-hydrogen) atoms. The smallest absolute Gasteiger partial charge is 0.255 e. The summed E-state index contributed by atoms with van der Waals surface area (Å²) in [6, 6.07) is 3.39. The van der Waals surface area contributed by atoms with Crippen molar-refractivity contribution in [1.82, 2.24) is 13.7 Å². The second kappa shape index (κ2) is 18.7. The van der Waals surface area contributed by atoms with E-state index in [0.717, 1.165) is 12.1 Å². The highest BCUT2D eigenvalue weighted by molar-refractivity contribution is 7.86. The van der Waals surface area contributed by atoms with Crippen molar-refractivity contribution in [1.29, 1.82) is 0 Å². The van der Waals surface area contributed by atoms with Gasteiger partial charge in [0.05, 0.1) is 57.0 Å². The largest absolute Gasteiger partial charge is 0.744 e. The molecule has 0 amide bonds. The standard InChI is InChI=1S/C10H8O9S3.3C8H15N2/c11-20(12,13)7-1-2-9-6(3-7)4-8(21(14,15)16)5-10(9)22(17,18)19;3*1-4-5-8-9(2)6-7-10(8)3/h1-5H,(H,11,12,13)(H,14,15,16)(H,17,18,19);3*6-7H,4-5H2,1-3H3/q;3*+1/p-3. The Morgan fingerprint density at radius 1 is 0.538 bits per heavy atom. The highest BCUT2D eigenvalue weighted by Gasteiger charge is 2.15. The van der Waals surface area contributed by atoms with Crippen LogP contribution in [0.2, 0.25) is 0 Å². The van der Waals surface area contributed by atoms with E-state index in [1.165, 1.54) is 56.0 Å². The topological polar surface area (TPSA) is 198 Å². The molecular formula is C34H50N6O9S3. The molecule has 2 aromatic carbocycles. The molecule has 0 atom stereocenters. The Bertz CT molecular complexity index is 2110. The van der Waals surface area contributed by atoms with Crippen molar-refractivity contribution in [3.8, 4) is 0 Å². The minimum Gasteiger partial charge on any atom is -0.744 e. The van der Waals surface area contributed by atoms with Gasteiger partial charge in [0, 0.05) is 19.3 Å². The van der Waals surface area contributed by atoms with Crippen LogP contribution < -0.4 is 13.7 Å². The zero-order valence-corrected chi connectivity index (χ0v) is 33.6. The van der Waals surface area contributed by atoms with Gasteiger partial charge >= 0.3 is 0 Å². The van der Waals surface area contributed by atoms with Crippen LogP contribution in [0.5, 0.6) is 0 Å². The van der Waals surface area contributed by atoms with E-state index in [9.17, 15) is 38.9 Å². The molecule has 0 radical (unpaired) electrons. The fraction of sp³-hybridized carbons (Fsp3) is 0.441. The minimum atomic E-state index is -5.14. The normalized spacial score (nSPS) is 11.6. The van der Waals surface area contributed by atoms with E-state index in [2.05, 4.69) is 128 Å². The van der Waals surface area contributed by atoms with E-state index < -0.39 is 45.0 Å². The molecule has 15 nitrogen and oxygen atoms in total. The second-order valence-corrected chi connectivity index (χ2v) is 16.3. The maximum absolute atomic E-state index is 11.2. The van der Waals surface area contributed by atoms with Crippen LogP contribution in [0, 0.1) is 0 Å². The molecule has 5 rings (SSSR count). The van der Waals surface area contributed by atoms with Gasteiger partial charge in [0.25, 0.3) is 17.5 Å². The molecule has 0 unspecified atom stereocenters. The maximum Gasteiger partial charge on any atom is 0.255 e. The highest BCUT2D eigenvalue weighted by Crippen LogP contribution is 2.29. The summed E-state index contributed by atoms with van der Waals surface area (Å²) in [5.74, 6) is 4.17. The Morgan fingerprint density at radius 3 is 1.15 bits per heavy atom. The number of aromatic nitrogens is 6. The van der Waals surface area contributed by atoms with Crippen molar-refractivity contribution in [3.63, 3.8) is 0 Å². The van der Waals surface area contributed by atoms with Crippen LogP contribution in [0.25, 0.3) is 10.8 Å². The lowest BCUT2D eigenvalue weighted by Gasteiger charge is -2.16. The summed E-state index contributed by atoms with van der Waals surface area (Å²) in [5.41, 5.74) is 0. The van der Waals surface area contributed by atoms with E-state index in [4.69, 9.17) is 0 Å². The molecular weight excluding hydrogens is 733 g/mol. The van der Waals surface area contributed by atoms with Gasteiger partial charge in [0.2, 0.25) is 0 Å². The van der Waals surface area contributed by atoms with Gasteiger partial charge in [-0.05, 0) is 54.3 Å². The fourth-order valence-corrected chi connectivity index (χ4v) is 7.23. The summed E-state index contributed by atoms with van der Waals surface area (Å²) in [7, 11) is -2.61. The number of nitrogens with zero attached hydrogens (tertiary/aromatic N) is 6. The monoisotopic (exact) mass is 782 g/mol. The molecule has 0 spiro atoms. The summed E-state index contributed by atoms with van der Waals surface area (Å²) in [5, 5.41) is -0.668. The quantitative estimate of drug-likeness (QED) is 0.159. The molecule has 0 aliphatic rings. The van der Waals surface area contributed by atoms with Gasteiger partial charge in [-0.25, -0.2) is 52.7 Å². The molecule has 0 N–H and O–H groups in total. The third kappa shape index (κ3) is 12.3. The van der Waals surface area contributed by atoms with Gasteiger partial charge in [-0.1, -0.05) is 26.8 Å². The van der Waals surface area contributed by atoms with Crippen LogP contribution >= 0.6 is 0 Å². The highest BCUT2D eigenvalue weighted by atomic mass is 32.2. The lowest BCUT2D eigenvalue weighted by Crippen LogP contribution is -2.31. The molecule has 288 valence electrons.